The van der Waals surface area contributed by atoms with Crippen LogP contribution in [0.1, 0.15) is 41.8 Å². The summed E-state index contributed by atoms with van der Waals surface area (Å²) in [5, 5.41) is 10.1. The largest absolute Gasteiger partial charge is 0.231 e. The van der Waals surface area contributed by atoms with E-state index in [0.717, 1.165) is 29.4 Å². The summed E-state index contributed by atoms with van der Waals surface area (Å²) in [7, 11) is 0. The average Bonchev–Trinajstić information content (AvgIpc) is 3.29. The zero-order valence-corrected chi connectivity index (χ0v) is 15.3. The molecular formula is C21H21N3S. The molecule has 3 aromatic rings. The molecule has 0 N–H and O–H groups in total. The molecule has 126 valence electrons. The molecule has 4 rings (SSSR count). The van der Waals surface area contributed by atoms with Gasteiger partial charge in [0.25, 0.3) is 0 Å². The van der Waals surface area contributed by atoms with Crippen molar-refractivity contribution in [2.45, 2.75) is 32.7 Å². The number of anilines is 1. The van der Waals surface area contributed by atoms with Crippen molar-refractivity contribution in [1.82, 2.24) is 4.98 Å². The Labute approximate surface area is 152 Å². The molecular weight excluding hydrogens is 326 g/mol. The molecule has 1 atom stereocenters. The van der Waals surface area contributed by atoms with Crippen molar-refractivity contribution in [3.8, 4) is 0 Å². The van der Waals surface area contributed by atoms with E-state index in [9.17, 15) is 0 Å². The third-order valence-corrected chi connectivity index (χ3v) is 5.54. The van der Waals surface area contributed by atoms with Gasteiger partial charge in [-0.3, -0.25) is 0 Å². The van der Waals surface area contributed by atoms with Crippen LogP contribution in [0.25, 0.3) is 0 Å². The second kappa shape index (κ2) is 6.81. The first-order valence-electron chi connectivity index (χ1n) is 8.67. The lowest BCUT2D eigenvalue weighted by Crippen LogP contribution is -2.18. The van der Waals surface area contributed by atoms with Gasteiger partial charge in [0.2, 0.25) is 5.13 Å². The molecule has 2 heterocycles. The van der Waals surface area contributed by atoms with Crippen molar-refractivity contribution in [2.24, 2.45) is 5.10 Å². The van der Waals surface area contributed by atoms with Gasteiger partial charge < -0.3 is 0 Å². The highest BCUT2D eigenvalue weighted by Crippen LogP contribution is 2.38. The van der Waals surface area contributed by atoms with E-state index in [4.69, 9.17) is 5.10 Å². The van der Waals surface area contributed by atoms with Crippen LogP contribution < -0.4 is 5.01 Å². The molecule has 0 fully saturated rings. The molecule has 0 aliphatic carbocycles. The number of hydrogen-bond acceptors (Lipinski definition) is 4. The van der Waals surface area contributed by atoms with Crippen LogP contribution in [0.2, 0.25) is 0 Å². The van der Waals surface area contributed by atoms with Crippen molar-refractivity contribution in [2.75, 3.05) is 5.01 Å². The van der Waals surface area contributed by atoms with E-state index in [1.165, 1.54) is 16.7 Å². The predicted molar refractivity (Wildman–Crippen MR) is 105 cm³/mol. The quantitative estimate of drug-likeness (QED) is 0.635. The SMILES string of the molecule is CCc1ccc(C2CC(c3ccccc3)=NN2c2nc(C)cs2)cc1. The highest BCUT2D eigenvalue weighted by atomic mass is 32.1. The number of hydrazone groups is 1. The summed E-state index contributed by atoms with van der Waals surface area (Å²) in [5.41, 5.74) is 6.01. The fraction of sp³-hybridized carbons (Fsp3) is 0.238. The zero-order valence-electron chi connectivity index (χ0n) is 14.5. The minimum atomic E-state index is 0.201. The van der Waals surface area contributed by atoms with Crippen LogP contribution >= 0.6 is 11.3 Å². The van der Waals surface area contributed by atoms with Crippen LogP contribution in [0, 0.1) is 6.92 Å². The van der Waals surface area contributed by atoms with Crippen LogP contribution in [0.5, 0.6) is 0 Å². The Morgan fingerprint density at radius 2 is 1.84 bits per heavy atom. The molecule has 1 aliphatic rings. The van der Waals surface area contributed by atoms with E-state index in [1.54, 1.807) is 11.3 Å². The number of benzene rings is 2. The lowest BCUT2D eigenvalue weighted by atomic mass is 9.97. The number of hydrogen-bond donors (Lipinski definition) is 0. The fourth-order valence-electron chi connectivity index (χ4n) is 3.17. The van der Waals surface area contributed by atoms with Crippen LogP contribution in [0.4, 0.5) is 5.13 Å². The molecule has 1 aliphatic heterocycles. The summed E-state index contributed by atoms with van der Waals surface area (Å²) < 4.78 is 0. The van der Waals surface area contributed by atoms with Gasteiger partial charge in [0.05, 0.1) is 17.4 Å². The smallest absolute Gasteiger partial charge is 0.206 e. The van der Waals surface area contributed by atoms with E-state index >= 15 is 0 Å². The van der Waals surface area contributed by atoms with Gasteiger partial charge >= 0.3 is 0 Å². The summed E-state index contributed by atoms with van der Waals surface area (Å²) in [5.74, 6) is 0. The molecule has 0 amide bonds. The lowest BCUT2D eigenvalue weighted by molar-refractivity contribution is 0.705. The van der Waals surface area contributed by atoms with Crippen LogP contribution in [0.15, 0.2) is 65.1 Å². The number of nitrogens with zero attached hydrogens (tertiary/aromatic N) is 3. The van der Waals surface area contributed by atoms with Gasteiger partial charge in [0, 0.05) is 11.8 Å². The summed E-state index contributed by atoms with van der Waals surface area (Å²) >= 11 is 1.66. The van der Waals surface area contributed by atoms with Gasteiger partial charge in [-0.2, -0.15) is 5.10 Å². The van der Waals surface area contributed by atoms with E-state index in [-0.39, 0.29) is 6.04 Å². The topological polar surface area (TPSA) is 28.5 Å². The number of aromatic nitrogens is 1. The molecule has 3 nitrogen and oxygen atoms in total. The van der Waals surface area contributed by atoms with Crippen LogP contribution in [-0.2, 0) is 6.42 Å². The third-order valence-electron chi connectivity index (χ3n) is 4.59. The van der Waals surface area contributed by atoms with Crippen molar-refractivity contribution >= 4 is 22.2 Å². The van der Waals surface area contributed by atoms with Crippen LogP contribution in [0.3, 0.4) is 0 Å². The summed E-state index contributed by atoms with van der Waals surface area (Å²) in [6.07, 6.45) is 1.96. The first kappa shape index (κ1) is 16.0. The molecule has 4 heteroatoms. The minimum Gasteiger partial charge on any atom is -0.231 e. The number of rotatable bonds is 4. The van der Waals surface area contributed by atoms with E-state index in [2.05, 4.69) is 70.8 Å². The Bertz CT molecular complexity index is 881. The normalized spacial score (nSPS) is 17.0. The molecule has 0 radical (unpaired) electrons. The Kier molecular flexibility index (Phi) is 4.36. The first-order chi connectivity index (χ1) is 12.2. The van der Waals surface area contributed by atoms with E-state index in [0.29, 0.717) is 0 Å². The van der Waals surface area contributed by atoms with Gasteiger partial charge in [-0.15, -0.1) is 11.3 Å². The predicted octanol–water partition coefficient (Wildman–Crippen LogP) is 5.37. The summed E-state index contributed by atoms with van der Waals surface area (Å²) in [6.45, 7) is 4.22. The summed E-state index contributed by atoms with van der Waals surface area (Å²) in [6, 6.07) is 19.6. The average molecular weight is 347 g/mol. The molecule has 0 saturated heterocycles. The van der Waals surface area contributed by atoms with E-state index < -0.39 is 0 Å². The van der Waals surface area contributed by atoms with Crippen molar-refractivity contribution in [1.29, 1.82) is 0 Å². The second-order valence-electron chi connectivity index (χ2n) is 6.34. The standard InChI is InChI=1S/C21H21N3S/c1-3-16-9-11-18(12-10-16)20-13-19(17-7-5-4-6-8-17)23-24(20)21-22-15(2)14-25-21/h4-12,14,20H,3,13H2,1-2H3. The molecule has 2 aromatic carbocycles. The molecule has 0 spiro atoms. The van der Waals surface area contributed by atoms with Crippen molar-refractivity contribution < 1.29 is 0 Å². The monoisotopic (exact) mass is 347 g/mol. The molecule has 1 aromatic heterocycles. The lowest BCUT2D eigenvalue weighted by Gasteiger charge is -2.21. The maximum atomic E-state index is 4.94. The van der Waals surface area contributed by atoms with Gasteiger partial charge in [-0.25, -0.2) is 9.99 Å². The Morgan fingerprint density at radius 1 is 1.08 bits per heavy atom. The zero-order chi connectivity index (χ0) is 17.2. The Balaban J connectivity index is 1.72. The van der Waals surface area contributed by atoms with Gasteiger partial charge in [-0.05, 0) is 30.0 Å². The Morgan fingerprint density at radius 3 is 2.48 bits per heavy atom. The molecule has 1 unspecified atom stereocenters. The molecule has 25 heavy (non-hydrogen) atoms. The first-order valence-corrected chi connectivity index (χ1v) is 9.55. The van der Waals surface area contributed by atoms with Crippen LogP contribution in [-0.4, -0.2) is 10.7 Å². The summed E-state index contributed by atoms with van der Waals surface area (Å²) in [4.78, 5) is 4.67. The van der Waals surface area contributed by atoms with Crippen molar-refractivity contribution in [3.63, 3.8) is 0 Å². The molecule has 0 bridgehead atoms. The highest BCUT2D eigenvalue weighted by Gasteiger charge is 2.31. The Hall–Kier alpha value is -2.46. The number of thiazole rings is 1. The highest BCUT2D eigenvalue weighted by molar-refractivity contribution is 7.13. The van der Waals surface area contributed by atoms with E-state index in [1.807, 2.05) is 13.0 Å². The maximum Gasteiger partial charge on any atom is 0.206 e. The molecule has 0 saturated carbocycles. The van der Waals surface area contributed by atoms with Gasteiger partial charge in [0.15, 0.2) is 0 Å². The maximum absolute atomic E-state index is 4.94. The van der Waals surface area contributed by atoms with Crippen molar-refractivity contribution in [3.05, 3.63) is 82.4 Å². The third kappa shape index (κ3) is 3.22. The van der Waals surface area contributed by atoms with Gasteiger partial charge in [0.1, 0.15) is 0 Å². The minimum absolute atomic E-state index is 0.201. The fourth-order valence-corrected chi connectivity index (χ4v) is 3.98. The number of aryl methyl sites for hydroxylation is 2. The van der Waals surface area contributed by atoms with Gasteiger partial charge in [-0.1, -0.05) is 61.5 Å². The second-order valence-corrected chi connectivity index (χ2v) is 7.18.